The number of anilines is 1. The van der Waals surface area contributed by atoms with Gasteiger partial charge in [-0.05, 0) is 54.3 Å². The maximum atomic E-state index is 13.6. The summed E-state index contributed by atoms with van der Waals surface area (Å²) in [5.41, 5.74) is 9.41. The van der Waals surface area contributed by atoms with Crippen LogP contribution in [-0.2, 0) is 6.42 Å². The Morgan fingerprint density at radius 2 is 2.25 bits per heavy atom. The second-order valence-corrected chi connectivity index (χ2v) is 5.89. The molecule has 2 N–H and O–H groups in total. The molecule has 0 aliphatic heterocycles. The van der Waals surface area contributed by atoms with Crippen LogP contribution in [0.4, 0.5) is 10.3 Å². The third kappa shape index (κ3) is 2.18. The minimum atomic E-state index is -0.243. The highest BCUT2D eigenvalue weighted by Gasteiger charge is 2.16. The minimum Gasteiger partial charge on any atom is -0.369 e. The fraction of sp³-hybridized carbons (Fsp3) is 0.267. The monoisotopic (exact) mass is 289 g/mol. The highest BCUT2D eigenvalue weighted by atomic mass is 32.1. The Morgan fingerprint density at radius 1 is 1.45 bits per heavy atom. The van der Waals surface area contributed by atoms with Crippen molar-refractivity contribution in [1.29, 1.82) is 0 Å². The summed E-state index contributed by atoms with van der Waals surface area (Å²) in [5, 5.41) is 4.20. The predicted octanol–water partition coefficient (Wildman–Crippen LogP) is 3.93. The van der Waals surface area contributed by atoms with Crippen molar-refractivity contribution in [3.05, 3.63) is 45.9 Å². The summed E-state index contributed by atoms with van der Waals surface area (Å²) in [4.78, 5) is 4.27. The van der Waals surface area contributed by atoms with Crippen molar-refractivity contribution in [2.24, 2.45) is 0 Å². The van der Waals surface area contributed by atoms with Crippen LogP contribution in [0.3, 0.4) is 0 Å². The maximum absolute atomic E-state index is 13.6. The molecule has 5 heteroatoms. The lowest BCUT2D eigenvalue weighted by Crippen LogP contribution is -2.11. The van der Waals surface area contributed by atoms with Gasteiger partial charge in [-0.3, -0.25) is 0 Å². The molecule has 0 saturated heterocycles. The summed E-state index contributed by atoms with van der Waals surface area (Å²) >= 11 is 1.69. The Bertz CT molecular complexity index is 746. The number of thiophene rings is 1. The molecule has 3 nitrogen and oxygen atoms in total. The van der Waals surface area contributed by atoms with E-state index in [-0.39, 0.29) is 11.9 Å². The van der Waals surface area contributed by atoms with Crippen LogP contribution in [0.1, 0.15) is 24.1 Å². The number of nitrogens with two attached hydrogens (primary N) is 1. The van der Waals surface area contributed by atoms with Crippen LogP contribution in [0.25, 0.3) is 11.0 Å². The Labute approximate surface area is 120 Å². The Kier molecular flexibility index (Phi) is 3.22. The van der Waals surface area contributed by atoms with E-state index in [1.54, 1.807) is 18.3 Å². The lowest BCUT2D eigenvalue weighted by Gasteiger charge is -2.15. The number of aryl methyl sites for hydroxylation is 1. The van der Waals surface area contributed by atoms with Crippen molar-refractivity contribution in [3.63, 3.8) is 0 Å². The molecular formula is C15H16FN3S. The molecule has 0 spiro atoms. The van der Waals surface area contributed by atoms with Gasteiger partial charge in [0, 0.05) is 12.1 Å². The number of benzene rings is 1. The molecule has 1 unspecified atom stereocenters. The van der Waals surface area contributed by atoms with Crippen molar-refractivity contribution < 1.29 is 4.39 Å². The number of rotatable bonds is 3. The fourth-order valence-corrected chi connectivity index (χ4v) is 3.22. The molecular weight excluding hydrogens is 273 g/mol. The molecule has 1 atom stereocenters. The fourth-order valence-electron chi connectivity index (χ4n) is 2.54. The summed E-state index contributed by atoms with van der Waals surface area (Å²) in [7, 11) is 0. The van der Waals surface area contributed by atoms with Gasteiger partial charge in [0.2, 0.25) is 5.95 Å². The predicted molar refractivity (Wildman–Crippen MR) is 81.6 cm³/mol. The van der Waals surface area contributed by atoms with Crippen molar-refractivity contribution in [1.82, 2.24) is 9.55 Å². The number of nitrogens with zero attached hydrogens (tertiary/aromatic N) is 2. The molecule has 20 heavy (non-hydrogen) atoms. The quantitative estimate of drug-likeness (QED) is 0.794. The molecule has 104 valence electrons. The first-order chi connectivity index (χ1) is 9.56. The highest BCUT2D eigenvalue weighted by molar-refractivity contribution is 7.07. The molecule has 1 aromatic carbocycles. The molecule has 2 aromatic heterocycles. The zero-order chi connectivity index (χ0) is 14.3. The van der Waals surface area contributed by atoms with Crippen LogP contribution in [0.2, 0.25) is 0 Å². The average molecular weight is 289 g/mol. The van der Waals surface area contributed by atoms with E-state index in [0.29, 0.717) is 17.0 Å². The standard InChI is InChI=1S/C15H16FN3S/c1-9-5-14-13(7-12(9)16)18-15(17)19(14)10(2)6-11-3-4-20-8-11/h3-5,7-8,10H,6H2,1-2H3,(H2,17,18). The summed E-state index contributed by atoms with van der Waals surface area (Å²) in [6.07, 6.45) is 0.885. The lowest BCUT2D eigenvalue weighted by molar-refractivity contribution is 0.567. The second kappa shape index (κ2) is 4.90. The van der Waals surface area contributed by atoms with Crippen LogP contribution >= 0.6 is 11.3 Å². The number of hydrogen-bond donors (Lipinski definition) is 1. The number of imidazole rings is 1. The molecule has 0 bridgehead atoms. The largest absolute Gasteiger partial charge is 0.369 e. The molecule has 0 radical (unpaired) electrons. The van der Waals surface area contributed by atoms with Crippen molar-refractivity contribution in [3.8, 4) is 0 Å². The summed E-state index contributed by atoms with van der Waals surface area (Å²) < 4.78 is 15.6. The van der Waals surface area contributed by atoms with E-state index >= 15 is 0 Å². The van der Waals surface area contributed by atoms with Crippen LogP contribution in [-0.4, -0.2) is 9.55 Å². The average Bonchev–Trinajstić information content (AvgIpc) is 2.97. The van der Waals surface area contributed by atoms with Crippen LogP contribution in [0.15, 0.2) is 29.0 Å². The van der Waals surface area contributed by atoms with Gasteiger partial charge in [-0.15, -0.1) is 0 Å². The van der Waals surface area contributed by atoms with Gasteiger partial charge >= 0.3 is 0 Å². The van der Waals surface area contributed by atoms with Gasteiger partial charge in [-0.2, -0.15) is 11.3 Å². The molecule has 3 aromatic rings. The molecule has 0 fully saturated rings. The number of fused-ring (bicyclic) bond motifs is 1. The van der Waals surface area contributed by atoms with Gasteiger partial charge in [0.05, 0.1) is 11.0 Å². The molecule has 0 aliphatic rings. The zero-order valence-electron chi connectivity index (χ0n) is 11.4. The number of nitrogen functional groups attached to an aromatic ring is 1. The number of halogens is 1. The van der Waals surface area contributed by atoms with Gasteiger partial charge in [-0.1, -0.05) is 0 Å². The highest BCUT2D eigenvalue weighted by Crippen LogP contribution is 2.27. The first-order valence-corrected chi connectivity index (χ1v) is 7.45. The second-order valence-electron chi connectivity index (χ2n) is 5.11. The van der Waals surface area contributed by atoms with Crippen molar-refractivity contribution >= 4 is 28.3 Å². The third-order valence-corrected chi connectivity index (χ3v) is 4.28. The first-order valence-electron chi connectivity index (χ1n) is 6.51. The molecule has 2 heterocycles. The van der Waals surface area contributed by atoms with E-state index in [0.717, 1.165) is 11.9 Å². The third-order valence-electron chi connectivity index (χ3n) is 3.55. The van der Waals surface area contributed by atoms with E-state index in [1.165, 1.54) is 11.6 Å². The topological polar surface area (TPSA) is 43.8 Å². The van der Waals surface area contributed by atoms with Gasteiger partial charge in [0.1, 0.15) is 5.82 Å². The van der Waals surface area contributed by atoms with E-state index in [9.17, 15) is 4.39 Å². The first kappa shape index (κ1) is 13.1. The molecule has 0 aliphatic carbocycles. The van der Waals surface area contributed by atoms with Gasteiger partial charge in [0.25, 0.3) is 0 Å². The Morgan fingerprint density at radius 3 is 2.95 bits per heavy atom. The Balaban J connectivity index is 2.06. The number of aromatic nitrogens is 2. The SMILES string of the molecule is Cc1cc2c(cc1F)nc(N)n2C(C)Cc1ccsc1. The molecule has 3 rings (SSSR count). The van der Waals surface area contributed by atoms with E-state index in [4.69, 9.17) is 5.73 Å². The van der Waals surface area contributed by atoms with E-state index in [1.807, 2.05) is 10.6 Å². The van der Waals surface area contributed by atoms with E-state index < -0.39 is 0 Å². The minimum absolute atomic E-state index is 0.180. The van der Waals surface area contributed by atoms with Crippen molar-refractivity contribution in [2.75, 3.05) is 5.73 Å². The summed E-state index contributed by atoms with van der Waals surface area (Å²) in [6.45, 7) is 3.86. The zero-order valence-corrected chi connectivity index (χ0v) is 12.2. The van der Waals surface area contributed by atoms with Gasteiger partial charge in [0.15, 0.2) is 0 Å². The smallest absolute Gasteiger partial charge is 0.201 e. The van der Waals surface area contributed by atoms with Crippen molar-refractivity contribution in [2.45, 2.75) is 26.3 Å². The van der Waals surface area contributed by atoms with Crippen LogP contribution in [0.5, 0.6) is 0 Å². The lowest BCUT2D eigenvalue weighted by atomic mass is 10.1. The molecule has 0 saturated carbocycles. The summed E-state index contributed by atoms with van der Waals surface area (Å²) in [5.74, 6) is 0.195. The van der Waals surface area contributed by atoms with Gasteiger partial charge in [-0.25, -0.2) is 9.37 Å². The summed E-state index contributed by atoms with van der Waals surface area (Å²) in [6, 6.07) is 5.56. The van der Waals surface area contributed by atoms with Gasteiger partial charge < -0.3 is 10.3 Å². The normalized spacial score (nSPS) is 12.9. The molecule has 0 amide bonds. The number of hydrogen-bond acceptors (Lipinski definition) is 3. The van der Waals surface area contributed by atoms with E-state index in [2.05, 4.69) is 28.7 Å². The Hall–Kier alpha value is -1.88. The maximum Gasteiger partial charge on any atom is 0.201 e. The van der Waals surface area contributed by atoms with Crippen LogP contribution in [0, 0.1) is 12.7 Å². The van der Waals surface area contributed by atoms with Crippen LogP contribution < -0.4 is 5.73 Å².